The van der Waals surface area contributed by atoms with E-state index in [0.717, 1.165) is 16.9 Å². The summed E-state index contributed by atoms with van der Waals surface area (Å²) in [7, 11) is 0. The highest BCUT2D eigenvalue weighted by Gasteiger charge is 2.11. The van der Waals surface area contributed by atoms with Crippen molar-refractivity contribution in [2.24, 2.45) is 0 Å². The van der Waals surface area contributed by atoms with Crippen molar-refractivity contribution in [1.82, 2.24) is 5.32 Å². The lowest BCUT2D eigenvalue weighted by molar-refractivity contribution is 0.103. The summed E-state index contributed by atoms with van der Waals surface area (Å²) in [4.78, 5) is 0. The van der Waals surface area contributed by atoms with E-state index >= 15 is 0 Å². The van der Waals surface area contributed by atoms with Crippen molar-refractivity contribution in [3.05, 3.63) is 65.2 Å². The van der Waals surface area contributed by atoms with Crippen LogP contribution in [-0.2, 0) is 0 Å². The molecule has 0 saturated heterocycles. The number of aliphatic hydroxyl groups is 1. The summed E-state index contributed by atoms with van der Waals surface area (Å²) in [5.74, 6) is 0.873. The monoisotopic (exact) mass is 299 g/mol. The van der Waals surface area contributed by atoms with Gasteiger partial charge in [0.2, 0.25) is 0 Å². The summed E-state index contributed by atoms with van der Waals surface area (Å²) >= 11 is 0. The van der Waals surface area contributed by atoms with E-state index in [-0.39, 0.29) is 6.04 Å². The van der Waals surface area contributed by atoms with E-state index in [1.54, 1.807) is 0 Å². The van der Waals surface area contributed by atoms with E-state index in [1.807, 2.05) is 50.2 Å². The standard InChI is InChI=1S/C19H25NO2/c1-14-8-7-9-15(2)19(14)22-13-18(21)12-20-16(3)17-10-5-4-6-11-17/h4-11,16,18,20-21H,12-13H2,1-3H3/t16-,18+/m1/s1. The van der Waals surface area contributed by atoms with Gasteiger partial charge in [0.25, 0.3) is 0 Å². The zero-order valence-corrected chi connectivity index (χ0v) is 13.5. The fourth-order valence-corrected chi connectivity index (χ4v) is 2.44. The first-order valence-corrected chi connectivity index (χ1v) is 7.73. The predicted octanol–water partition coefficient (Wildman–Crippen LogP) is 3.39. The van der Waals surface area contributed by atoms with Crippen LogP contribution in [0.25, 0.3) is 0 Å². The maximum Gasteiger partial charge on any atom is 0.125 e. The number of para-hydroxylation sites is 1. The SMILES string of the molecule is Cc1cccc(C)c1OC[C@@H](O)CN[C@H](C)c1ccccc1. The highest BCUT2D eigenvalue weighted by atomic mass is 16.5. The molecule has 118 valence electrons. The third kappa shape index (κ3) is 4.58. The van der Waals surface area contributed by atoms with Gasteiger partial charge in [-0.25, -0.2) is 0 Å². The number of nitrogens with one attached hydrogen (secondary N) is 1. The zero-order chi connectivity index (χ0) is 15.9. The molecular weight excluding hydrogens is 274 g/mol. The number of aliphatic hydroxyl groups excluding tert-OH is 1. The quantitative estimate of drug-likeness (QED) is 0.823. The first kappa shape index (κ1) is 16.5. The topological polar surface area (TPSA) is 41.5 Å². The molecule has 22 heavy (non-hydrogen) atoms. The summed E-state index contributed by atoms with van der Waals surface area (Å²) in [6, 6.07) is 16.5. The minimum atomic E-state index is -0.537. The molecule has 0 unspecified atom stereocenters. The van der Waals surface area contributed by atoms with Crippen molar-refractivity contribution in [2.75, 3.05) is 13.2 Å². The molecule has 0 saturated carbocycles. The minimum Gasteiger partial charge on any atom is -0.490 e. The first-order valence-electron chi connectivity index (χ1n) is 7.73. The van der Waals surface area contributed by atoms with Gasteiger partial charge in [0.1, 0.15) is 18.5 Å². The molecule has 3 nitrogen and oxygen atoms in total. The molecule has 0 heterocycles. The smallest absolute Gasteiger partial charge is 0.125 e. The summed E-state index contributed by atoms with van der Waals surface area (Å²) in [6.45, 7) is 6.92. The van der Waals surface area contributed by atoms with Crippen LogP contribution in [0.15, 0.2) is 48.5 Å². The number of hydrogen-bond acceptors (Lipinski definition) is 3. The summed E-state index contributed by atoms with van der Waals surface area (Å²) in [6.07, 6.45) is -0.537. The molecule has 0 aliphatic heterocycles. The van der Waals surface area contributed by atoms with Crippen molar-refractivity contribution < 1.29 is 9.84 Å². The fourth-order valence-electron chi connectivity index (χ4n) is 2.44. The number of ether oxygens (including phenoxy) is 1. The molecule has 0 fully saturated rings. The van der Waals surface area contributed by atoms with Gasteiger partial charge in [-0.15, -0.1) is 0 Å². The number of rotatable bonds is 7. The van der Waals surface area contributed by atoms with Crippen molar-refractivity contribution in [3.8, 4) is 5.75 Å². The largest absolute Gasteiger partial charge is 0.490 e. The van der Waals surface area contributed by atoms with Crippen LogP contribution in [0.3, 0.4) is 0 Å². The van der Waals surface area contributed by atoms with Crippen molar-refractivity contribution >= 4 is 0 Å². The van der Waals surface area contributed by atoms with Crippen molar-refractivity contribution in [1.29, 1.82) is 0 Å². The van der Waals surface area contributed by atoms with Gasteiger partial charge in [0.15, 0.2) is 0 Å². The van der Waals surface area contributed by atoms with Crippen LogP contribution in [0.1, 0.15) is 29.7 Å². The molecule has 3 heteroatoms. The molecule has 0 spiro atoms. The van der Waals surface area contributed by atoms with Crippen LogP contribution < -0.4 is 10.1 Å². The number of benzene rings is 2. The van der Waals surface area contributed by atoms with Gasteiger partial charge < -0.3 is 15.2 Å². The molecule has 0 aromatic heterocycles. The predicted molar refractivity (Wildman–Crippen MR) is 90.3 cm³/mol. The van der Waals surface area contributed by atoms with E-state index in [4.69, 9.17) is 4.74 Å². The molecule has 0 amide bonds. The summed E-state index contributed by atoms with van der Waals surface area (Å²) in [5, 5.41) is 13.4. The van der Waals surface area contributed by atoms with Crippen molar-refractivity contribution in [2.45, 2.75) is 32.9 Å². The van der Waals surface area contributed by atoms with Gasteiger partial charge in [0, 0.05) is 12.6 Å². The van der Waals surface area contributed by atoms with Gasteiger partial charge in [-0.3, -0.25) is 0 Å². The Bertz CT molecular complexity index is 563. The summed E-state index contributed by atoms with van der Waals surface area (Å²) in [5.41, 5.74) is 3.40. The van der Waals surface area contributed by atoms with Gasteiger partial charge >= 0.3 is 0 Å². The number of hydrogen-bond donors (Lipinski definition) is 2. The Kier molecular flexibility index (Phi) is 5.99. The Morgan fingerprint density at radius 1 is 1.00 bits per heavy atom. The maximum atomic E-state index is 10.1. The molecule has 0 bridgehead atoms. The third-order valence-electron chi connectivity index (χ3n) is 3.79. The maximum absolute atomic E-state index is 10.1. The Morgan fingerprint density at radius 2 is 1.64 bits per heavy atom. The zero-order valence-electron chi connectivity index (χ0n) is 13.5. The highest BCUT2D eigenvalue weighted by Crippen LogP contribution is 2.22. The Morgan fingerprint density at radius 3 is 2.27 bits per heavy atom. The lowest BCUT2D eigenvalue weighted by Gasteiger charge is -2.19. The molecule has 2 atom stereocenters. The molecule has 2 N–H and O–H groups in total. The van der Waals surface area contributed by atoms with Gasteiger partial charge in [-0.2, -0.15) is 0 Å². The second kappa shape index (κ2) is 7.97. The molecule has 0 aliphatic carbocycles. The average Bonchev–Trinajstić information content (AvgIpc) is 2.53. The normalized spacial score (nSPS) is 13.6. The molecule has 0 radical (unpaired) electrons. The molecule has 2 aromatic rings. The minimum absolute atomic E-state index is 0.205. The van der Waals surface area contributed by atoms with Gasteiger partial charge in [0.05, 0.1) is 0 Å². The molecular formula is C19H25NO2. The molecule has 0 aliphatic rings. The number of aryl methyl sites for hydroxylation is 2. The fraction of sp³-hybridized carbons (Fsp3) is 0.368. The van der Waals surface area contributed by atoms with Gasteiger partial charge in [-0.1, -0.05) is 48.5 Å². The molecule has 2 rings (SSSR count). The summed E-state index contributed by atoms with van der Waals surface area (Å²) < 4.78 is 5.78. The van der Waals surface area contributed by atoms with Crippen molar-refractivity contribution in [3.63, 3.8) is 0 Å². The average molecular weight is 299 g/mol. The second-order valence-electron chi connectivity index (χ2n) is 5.73. The van der Waals surface area contributed by atoms with E-state index in [1.165, 1.54) is 5.56 Å². The van der Waals surface area contributed by atoms with Crippen LogP contribution >= 0.6 is 0 Å². The third-order valence-corrected chi connectivity index (χ3v) is 3.79. The van der Waals surface area contributed by atoms with E-state index in [2.05, 4.69) is 24.4 Å². The molecule has 2 aromatic carbocycles. The first-order chi connectivity index (χ1) is 10.6. The van der Waals surface area contributed by atoms with Crippen LogP contribution in [0.4, 0.5) is 0 Å². The lowest BCUT2D eigenvalue weighted by atomic mass is 10.1. The van der Waals surface area contributed by atoms with E-state index in [9.17, 15) is 5.11 Å². The van der Waals surface area contributed by atoms with Crippen LogP contribution in [0, 0.1) is 13.8 Å². The second-order valence-corrected chi connectivity index (χ2v) is 5.73. The Hall–Kier alpha value is -1.84. The van der Waals surface area contributed by atoms with Crippen LogP contribution in [-0.4, -0.2) is 24.4 Å². The van der Waals surface area contributed by atoms with E-state index in [0.29, 0.717) is 13.2 Å². The Labute approximate surface area is 133 Å². The Balaban J connectivity index is 1.80. The van der Waals surface area contributed by atoms with E-state index < -0.39 is 6.10 Å². The van der Waals surface area contributed by atoms with Crippen LogP contribution in [0.5, 0.6) is 5.75 Å². The van der Waals surface area contributed by atoms with Crippen LogP contribution in [0.2, 0.25) is 0 Å². The van der Waals surface area contributed by atoms with Gasteiger partial charge in [-0.05, 0) is 37.5 Å². The highest BCUT2D eigenvalue weighted by molar-refractivity contribution is 5.39. The lowest BCUT2D eigenvalue weighted by Crippen LogP contribution is -2.33.